The Labute approximate surface area is 107 Å². The van der Waals surface area contributed by atoms with E-state index < -0.39 is 0 Å². The second-order valence-electron chi connectivity index (χ2n) is 4.55. The minimum atomic E-state index is -0.128. The quantitative estimate of drug-likeness (QED) is 0.738. The number of aromatic nitrogens is 2. The molecule has 1 fully saturated rings. The molecule has 2 N–H and O–H groups in total. The number of aryl methyl sites for hydroxylation is 1. The van der Waals surface area contributed by atoms with Crippen molar-refractivity contribution in [3.8, 4) is 0 Å². The highest BCUT2D eigenvalue weighted by atomic mass is 16.5. The van der Waals surface area contributed by atoms with Crippen molar-refractivity contribution < 1.29 is 9.53 Å². The van der Waals surface area contributed by atoms with Crippen molar-refractivity contribution in [2.45, 2.75) is 25.0 Å². The molecule has 2 heterocycles. The van der Waals surface area contributed by atoms with Gasteiger partial charge in [-0.1, -0.05) is 0 Å². The Bertz CT molecular complexity index is 405. The van der Waals surface area contributed by atoms with E-state index in [9.17, 15) is 4.79 Å². The largest absolute Gasteiger partial charge is 0.380 e. The molecule has 0 spiro atoms. The van der Waals surface area contributed by atoms with Crippen LogP contribution in [0.5, 0.6) is 0 Å². The normalized spacial score (nSPS) is 23.2. The molecule has 1 aliphatic rings. The van der Waals surface area contributed by atoms with Crippen LogP contribution < -0.4 is 10.6 Å². The van der Waals surface area contributed by atoms with Crippen molar-refractivity contribution in [3.05, 3.63) is 18.2 Å². The molecule has 18 heavy (non-hydrogen) atoms. The molecule has 0 radical (unpaired) electrons. The van der Waals surface area contributed by atoms with E-state index in [2.05, 4.69) is 15.6 Å². The molecule has 1 saturated heterocycles. The minimum Gasteiger partial charge on any atom is -0.380 e. The Morgan fingerprint density at radius 3 is 3.17 bits per heavy atom. The number of nitrogens with one attached hydrogen (secondary N) is 2. The summed E-state index contributed by atoms with van der Waals surface area (Å²) >= 11 is 0. The number of hydrogen-bond acceptors (Lipinski definition) is 4. The van der Waals surface area contributed by atoms with Gasteiger partial charge in [0.05, 0.1) is 12.1 Å². The first kappa shape index (κ1) is 13.0. The standard InChI is InChI=1S/C12H20N4O2/c1-16-6-5-13-11(16)3-4-14-12(17)10-7-9(18-2)8-15-10/h5-6,9-10,15H,3-4,7-8H2,1-2H3,(H,14,17). The van der Waals surface area contributed by atoms with Crippen LogP contribution in [0.15, 0.2) is 12.4 Å². The van der Waals surface area contributed by atoms with E-state index in [1.165, 1.54) is 0 Å². The van der Waals surface area contributed by atoms with E-state index in [0.29, 0.717) is 6.54 Å². The third-order valence-electron chi connectivity index (χ3n) is 3.31. The van der Waals surface area contributed by atoms with E-state index >= 15 is 0 Å². The van der Waals surface area contributed by atoms with Crippen LogP contribution in [-0.4, -0.2) is 47.8 Å². The Kier molecular flexibility index (Phi) is 4.33. The number of carbonyl (C=O) groups is 1. The van der Waals surface area contributed by atoms with Crippen molar-refractivity contribution in [1.82, 2.24) is 20.2 Å². The second-order valence-corrected chi connectivity index (χ2v) is 4.55. The summed E-state index contributed by atoms with van der Waals surface area (Å²) in [5.41, 5.74) is 0. The minimum absolute atomic E-state index is 0.0451. The lowest BCUT2D eigenvalue weighted by molar-refractivity contribution is -0.122. The smallest absolute Gasteiger partial charge is 0.237 e. The number of nitrogens with zero attached hydrogens (tertiary/aromatic N) is 2. The van der Waals surface area contributed by atoms with Crippen LogP contribution in [0.4, 0.5) is 0 Å². The highest BCUT2D eigenvalue weighted by Crippen LogP contribution is 2.09. The van der Waals surface area contributed by atoms with Gasteiger partial charge in [0.1, 0.15) is 5.82 Å². The van der Waals surface area contributed by atoms with Gasteiger partial charge in [-0.25, -0.2) is 4.98 Å². The number of amides is 1. The number of hydrogen-bond donors (Lipinski definition) is 2. The van der Waals surface area contributed by atoms with Gasteiger partial charge >= 0.3 is 0 Å². The molecular formula is C12H20N4O2. The Morgan fingerprint density at radius 2 is 2.56 bits per heavy atom. The van der Waals surface area contributed by atoms with Crippen molar-refractivity contribution in [2.75, 3.05) is 20.2 Å². The lowest BCUT2D eigenvalue weighted by atomic mass is 10.2. The molecule has 0 aliphatic carbocycles. The van der Waals surface area contributed by atoms with Gasteiger partial charge in [0, 0.05) is 46.1 Å². The Balaban J connectivity index is 1.71. The van der Waals surface area contributed by atoms with Gasteiger partial charge in [-0.2, -0.15) is 0 Å². The molecule has 1 aromatic heterocycles. The van der Waals surface area contributed by atoms with Crippen LogP contribution in [0.1, 0.15) is 12.2 Å². The number of ether oxygens (including phenoxy) is 1. The molecule has 0 saturated carbocycles. The van der Waals surface area contributed by atoms with E-state index in [-0.39, 0.29) is 18.1 Å². The third kappa shape index (κ3) is 3.08. The SMILES string of the molecule is COC1CNC(C(=O)NCCc2nccn2C)C1. The lowest BCUT2D eigenvalue weighted by Crippen LogP contribution is -2.41. The van der Waals surface area contributed by atoms with Crippen LogP contribution in [-0.2, 0) is 23.0 Å². The maximum absolute atomic E-state index is 11.9. The highest BCUT2D eigenvalue weighted by molar-refractivity contribution is 5.82. The van der Waals surface area contributed by atoms with Crippen molar-refractivity contribution in [1.29, 1.82) is 0 Å². The summed E-state index contributed by atoms with van der Waals surface area (Å²) in [6.07, 6.45) is 5.30. The summed E-state index contributed by atoms with van der Waals surface area (Å²) in [4.78, 5) is 16.1. The lowest BCUT2D eigenvalue weighted by Gasteiger charge is -2.11. The number of rotatable bonds is 5. The molecule has 6 heteroatoms. The van der Waals surface area contributed by atoms with Crippen LogP contribution in [0.3, 0.4) is 0 Å². The molecule has 0 bridgehead atoms. The van der Waals surface area contributed by atoms with Crippen molar-refractivity contribution in [2.24, 2.45) is 7.05 Å². The molecule has 1 aromatic rings. The predicted molar refractivity (Wildman–Crippen MR) is 67.1 cm³/mol. The monoisotopic (exact) mass is 252 g/mol. The fraction of sp³-hybridized carbons (Fsp3) is 0.667. The molecule has 2 unspecified atom stereocenters. The Hall–Kier alpha value is -1.40. The zero-order chi connectivity index (χ0) is 13.0. The summed E-state index contributed by atoms with van der Waals surface area (Å²) in [6.45, 7) is 1.35. The first-order valence-electron chi connectivity index (χ1n) is 6.20. The summed E-state index contributed by atoms with van der Waals surface area (Å²) in [7, 11) is 3.62. The zero-order valence-corrected chi connectivity index (χ0v) is 10.8. The fourth-order valence-corrected chi connectivity index (χ4v) is 2.14. The van der Waals surface area contributed by atoms with Gasteiger partial charge in [-0.05, 0) is 6.42 Å². The molecule has 0 aromatic carbocycles. The van der Waals surface area contributed by atoms with E-state index in [1.807, 2.05) is 17.8 Å². The molecule has 2 atom stereocenters. The molecule has 1 amide bonds. The first-order chi connectivity index (χ1) is 8.70. The summed E-state index contributed by atoms with van der Waals surface area (Å²) in [6, 6.07) is -0.128. The topological polar surface area (TPSA) is 68.2 Å². The number of imidazole rings is 1. The van der Waals surface area contributed by atoms with E-state index in [0.717, 1.165) is 25.2 Å². The average Bonchev–Trinajstić information content (AvgIpc) is 2.98. The van der Waals surface area contributed by atoms with E-state index in [4.69, 9.17) is 4.74 Å². The van der Waals surface area contributed by atoms with Gasteiger partial charge in [0.2, 0.25) is 5.91 Å². The van der Waals surface area contributed by atoms with Gasteiger partial charge < -0.3 is 19.9 Å². The van der Waals surface area contributed by atoms with E-state index in [1.54, 1.807) is 13.3 Å². The van der Waals surface area contributed by atoms with Crippen LogP contribution >= 0.6 is 0 Å². The zero-order valence-electron chi connectivity index (χ0n) is 10.8. The third-order valence-corrected chi connectivity index (χ3v) is 3.31. The van der Waals surface area contributed by atoms with Gasteiger partial charge in [-0.15, -0.1) is 0 Å². The fourth-order valence-electron chi connectivity index (χ4n) is 2.14. The summed E-state index contributed by atoms with van der Waals surface area (Å²) in [5.74, 6) is 1.02. The molecule has 6 nitrogen and oxygen atoms in total. The predicted octanol–water partition coefficient (Wildman–Crippen LogP) is -0.544. The summed E-state index contributed by atoms with van der Waals surface area (Å²) in [5, 5.41) is 6.08. The molecule has 1 aliphatic heterocycles. The Morgan fingerprint density at radius 1 is 1.72 bits per heavy atom. The maximum Gasteiger partial charge on any atom is 0.237 e. The average molecular weight is 252 g/mol. The second kappa shape index (κ2) is 5.97. The molecule has 2 rings (SSSR count). The summed E-state index contributed by atoms with van der Waals surface area (Å²) < 4.78 is 7.17. The van der Waals surface area contributed by atoms with Gasteiger partial charge in [0.25, 0.3) is 0 Å². The molecule has 100 valence electrons. The van der Waals surface area contributed by atoms with Crippen LogP contribution in [0.2, 0.25) is 0 Å². The van der Waals surface area contributed by atoms with Crippen LogP contribution in [0, 0.1) is 0 Å². The van der Waals surface area contributed by atoms with Crippen LogP contribution in [0.25, 0.3) is 0 Å². The van der Waals surface area contributed by atoms with Crippen molar-refractivity contribution in [3.63, 3.8) is 0 Å². The maximum atomic E-state index is 11.9. The molecular weight excluding hydrogens is 232 g/mol. The van der Waals surface area contributed by atoms with Gasteiger partial charge in [0.15, 0.2) is 0 Å². The number of carbonyl (C=O) groups excluding carboxylic acids is 1. The first-order valence-corrected chi connectivity index (χ1v) is 6.20. The van der Waals surface area contributed by atoms with Gasteiger partial charge in [-0.3, -0.25) is 4.79 Å². The highest BCUT2D eigenvalue weighted by Gasteiger charge is 2.28. The van der Waals surface area contributed by atoms with Crippen molar-refractivity contribution >= 4 is 5.91 Å². The number of methoxy groups -OCH3 is 1.